The number of fused-ring (bicyclic) bond motifs is 1. The number of likely N-dealkylation sites (N-methyl/N-ethyl adjacent to an activating group) is 1. The van der Waals surface area contributed by atoms with Crippen molar-refractivity contribution >= 4 is 28.8 Å². The third-order valence-corrected chi connectivity index (χ3v) is 5.90. The molecule has 1 heterocycles. The van der Waals surface area contributed by atoms with Crippen molar-refractivity contribution in [2.24, 2.45) is 0 Å². The minimum atomic E-state index is -0.587. The lowest BCUT2D eigenvalue weighted by atomic mass is 10.0. The first-order valence-electron chi connectivity index (χ1n) is 11.5. The topological polar surface area (TPSA) is 93.9 Å². The van der Waals surface area contributed by atoms with E-state index in [0.717, 1.165) is 27.8 Å². The molecule has 8 nitrogen and oxygen atoms in total. The average Bonchev–Trinajstić information content (AvgIpc) is 3.22. The molecule has 0 spiro atoms. The van der Waals surface area contributed by atoms with E-state index in [-0.39, 0.29) is 12.5 Å². The van der Waals surface area contributed by atoms with Crippen molar-refractivity contribution in [1.29, 1.82) is 0 Å². The van der Waals surface area contributed by atoms with E-state index in [0.29, 0.717) is 34.2 Å². The first kappa shape index (κ1) is 24.8. The maximum atomic E-state index is 12.4. The molecule has 3 aromatic carbocycles. The van der Waals surface area contributed by atoms with Gasteiger partial charge in [-0.15, -0.1) is 0 Å². The number of aryl methyl sites for hydroxylation is 4. The number of amides is 2. The third-order valence-electron chi connectivity index (χ3n) is 5.90. The molecule has 0 atom stereocenters. The predicted octanol–water partition coefficient (Wildman–Crippen LogP) is 5.81. The largest absolute Gasteiger partial charge is 0.484 e. The molecule has 8 heteroatoms. The average molecular weight is 488 g/mol. The van der Waals surface area contributed by atoms with Crippen LogP contribution in [-0.2, 0) is 4.79 Å². The fourth-order valence-electron chi connectivity index (χ4n) is 3.77. The Balaban J connectivity index is 1.51. The summed E-state index contributed by atoms with van der Waals surface area (Å²) in [6.45, 7) is 7.83. The Bertz CT molecular complexity index is 1430. The van der Waals surface area contributed by atoms with Gasteiger partial charge in [0.15, 0.2) is 12.2 Å². The van der Waals surface area contributed by atoms with Crippen LogP contribution in [0.15, 0.2) is 52.9 Å². The van der Waals surface area contributed by atoms with Crippen molar-refractivity contribution in [1.82, 2.24) is 9.88 Å². The summed E-state index contributed by atoms with van der Waals surface area (Å²) in [6, 6.07) is 14.4. The second-order valence-corrected chi connectivity index (χ2v) is 8.97. The summed E-state index contributed by atoms with van der Waals surface area (Å²) in [4.78, 5) is 30.3. The molecule has 0 bridgehead atoms. The van der Waals surface area contributed by atoms with E-state index in [4.69, 9.17) is 13.9 Å². The van der Waals surface area contributed by atoms with E-state index in [1.807, 2.05) is 58.0 Å². The summed E-state index contributed by atoms with van der Waals surface area (Å²) in [5, 5.41) is 2.74. The summed E-state index contributed by atoms with van der Waals surface area (Å²) < 4.78 is 17.1. The molecule has 186 valence electrons. The molecular weight excluding hydrogens is 458 g/mol. The lowest BCUT2D eigenvalue weighted by Gasteiger charge is -2.13. The van der Waals surface area contributed by atoms with Crippen LogP contribution in [0.2, 0.25) is 0 Å². The highest BCUT2D eigenvalue weighted by Gasteiger charge is 2.17. The van der Waals surface area contributed by atoms with Crippen LogP contribution in [0.3, 0.4) is 0 Å². The monoisotopic (exact) mass is 487 g/mol. The fraction of sp³-hybridized carbons (Fsp3) is 0.250. The molecule has 0 unspecified atom stereocenters. The Kier molecular flexibility index (Phi) is 6.96. The SMILES string of the molecule is Cc1ccc(NC(=O)Oc2ccc3oc(-c4c(C)cc(OCC(=O)N(C)C)cc4C)nc3c2)cc1C. The van der Waals surface area contributed by atoms with Gasteiger partial charge in [-0.3, -0.25) is 10.1 Å². The zero-order chi connectivity index (χ0) is 26.0. The maximum Gasteiger partial charge on any atom is 0.417 e. The van der Waals surface area contributed by atoms with E-state index in [9.17, 15) is 9.59 Å². The molecule has 0 saturated carbocycles. The van der Waals surface area contributed by atoms with Crippen LogP contribution >= 0.6 is 0 Å². The van der Waals surface area contributed by atoms with E-state index in [1.54, 1.807) is 32.3 Å². The van der Waals surface area contributed by atoms with Crippen molar-refractivity contribution in [2.45, 2.75) is 27.7 Å². The first-order chi connectivity index (χ1) is 17.1. The molecule has 0 radical (unpaired) electrons. The van der Waals surface area contributed by atoms with Gasteiger partial charge in [0.2, 0.25) is 5.89 Å². The molecule has 1 N–H and O–H groups in total. The van der Waals surface area contributed by atoms with Gasteiger partial charge in [-0.1, -0.05) is 6.07 Å². The van der Waals surface area contributed by atoms with Gasteiger partial charge in [-0.2, -0.15) is 0 Å². The molecule has 0 fully saturated rings. The van der Waals surface area contributed by atoms with Gasteiger partial charge >= 0.3 is 6.09 Å². The number of hydrogen-bond acceptors (Lipinski definition) is 6. The Morgan fingerprint density at radius 2 is 1.61 bits per heavy atom. The number of benzene rings is 3. The van der Waals surface area contributed by atoms with Gasteiger partial charge in [-0.25, -0.2) is 9.78 Å². The zero-order valence-electron chi connectivity index (χ0n) is 21.3. The predicted molar refractivity (Wildman–Crippen MR) is 139 cm³/mol. The van der Waals surface area contributed by atoms with E-state index >= 15 is 0 Å². The molecular formula is C28H29N3O5. The highest BCUT2D eigenvalue weighted by molar-refractivity contribution is 5.87. The molecule has 2 amide bonds. The lowest BCUT2D eigenvalue weighted by Crippen LogP contribution is -2.27. The first-order valence-corrected chi connectivity index (χ1v) is 11.5. The van der Waals surface area contributed by atoms with Gasteiger partial charge in [0.25, 0.3) is 5.91 Å². The van der Waals surface area contributed by atoms with Crippen molar-refractivity contribution in [3.05, 3.63) is 70.8 Å². The van der Waals surface area contributed by atoms with E-state index < -0.39 is 6.09 Å². The van der Waals surface area contributed by atoms with Gasteiger partial charge in [0.1, 0.15) is 17.0 Å². The fourth-order valence-corrected chi connectivity index (χ4v) is 3.77. The van der Waals surface area contributed by atoms with Gasteiger partial charge in [0, 0.05) is 31.4 Å². The van der Waals surface area contributed by atoms with E-state index in [1.165, 1.54) is 4.90 Å². The van der Waals surface area contributed by atoms with Gasteiger partial charge in [0.05, 0.1) is 0 Å². The van der Waals surface area contributed by atoms with Crippen LogP contribution in [0.1, 0.15) is 22.3 Å². The number of oxazole rings is 1. The minimum absolute atomic E-state index is 0.0337. The molecule has 0 saturated heterocycles. The number of nitrogens with zero attached hydrogens (tertiary/aromatic N) is 2. The third kappa shape index (κ3) is 5.49. The molecule has 36 heavy (non-hydrogen) atoms. The van der Waals surface area contributed by atoms with Crippen LogP contribution in [-0.4, -0.2) is 42.6 Å². The number of carbonyl (C=O) groups excluding carboxylic acids is 2. The normalized spacial score (nSPS) is 10.8. The number of aromatic nitrogens is 1. The highest BCUT2D eigenvalue weighted by Crippen LogP contribution is 2.33. The molecule has 4 rings (SSSR count). The Labute approximate surface area is 209 Å². The Hall–Kier alpha value is -4.33. The summed E-state index contributed by atoms with van der Waals surface area (Å²) in [6.07, 6.45) is -0.587. The van der Waals surface area contributed by atoms with Crippen LogP contribution < -0.4 is 14.8 Å². The standard InChI is InChI=1S/C28H29N3O5/c1-16-7-8-20(11-17(16)2)29-28(33)35-21-9-10-24-23(14-21)30-27(36-24)26-18(3)12-22(13-19(26)4)34-15-25(32)31(5)6/h7-14H,15H2,1-6H3,(H,29,33). The van der Waals surface area contributed by atoms with Crippen LogP contribution in [0, 0.1) is 27.7 Å². The maximum absolute atomic E-state index is 12.4. The number of anilines is 1. The second kappa shape index (κ2) is 10.1. The Morgan fingerprint density at radius 3 is 2.28 bits per heavy atom. The number of rotatable bonds is 6. The quantitative estimate of drug-likeness (QED) is 0.369. The highest BCUT2D eigenvalue weighted by atomic mass is 16.6. The molecule has 4 aromatic rings. The second-order valence-electron chi connectivity index (χ2n) is 8.97. The molecule has 0 aliphatic carbocycles. The molecule has 0 aliphatic rings. The lowest BCUT2D eigenvalue weighted by molar-refractivity contribution is -0.130. The summed E-state index contributed by atoms with van der Waals surface area (Å²) in [5.41, 5.74) is 6.67. The summed E-state index contributed by atoms with van der Waals surface area (Å²) in [5.74, 6) is 1.29. The van der Waals surface area contributed by atoms with Gasteiger partial charge in [-0.05, 0) is 86.3 Å². The number of ether oxygens (including phenoxy) is 2. The van der Waals surface area contributed by atoms with Crippen molar-refractivity contribution in [3.63, 3.8) is 0 Å². The minimum Gasteiger partial charge on any atom is -0.484 e. The number of carbonyl (C=O) groups is 2. The van der Waals surface area contributed by atoms with Crippen molar-refractivity contribution < 1.29 is 23.5 Å². The summed E-state index contributed by atoms with van der Waals surface area (Å²) in [7, 11) is 3.37. The van der Waals surface area contributed by atoms with Gasteiger partial charge < -0.3 is 18.8 Å². The van der Waals surface area contributed by atoms with Crippen molar-refractivity contribution in [3.8, 4) is 23.0 Å². The summed E-state index contributed by atoms with van der Waals surface area (Å²) >= 11 is 0. The smallest absolute Gasteiger partial charge is 0.417 e. The van der Waals surface area contributed by atoms with Crippen LogP contribution in [0.4, 0.5) is 10.5 Å². The van der Waals surface area contributed by atoms with E-state index in [2.05, 4.69) is 10.3 Å². The Morgan fingerprint density at radius 1 is 0.889 bits per heavy atom. The molecule has 0 aliphatic heterocycles. The zero-order valence-corrected chi connectivity index (χ0v) is 21.3. The number of nitrogens with one attached hydrogen (secondary N) is 1. The molecule has 1 aromatic heterocycles. The van der Waals surface area contributed by atoms with Crippen LogP contribution in [0.5, 0.6) is 11.5 Å². The van der Waals surface area contributed by atoms with Crippen molar-refractivity contribution in [2.75, 3.05) is 26.0 Å². The van der Waals surface area contributed by atoms with Crippen LogP contribution in [0.25, 0.3) is 22.6 Å². The number of hydrogen-bond donors (Lipinski definition) is 1.